The highest BCUT2D eigenvalue weighted by atomic mass is 32.2. The summed E-state index contributed by atoms with van der Waals surface area (Å²) in [7, 11) is 0. The maximum Gasteiger partial charge on any atom is 0.170 e. The minimum absolute atomic E-state index is 0.898. The van der Waals surface area contributed by atoms with E-state index in [2.05, 4.69) is 33.6 Å². The highest BCUT2D eigenvalue weighted by molar-refractivity contribution is 8.00. The van der Waals surface area contributed by atoms with Crippen molar-refractivity contribution < 1.29 is 0 Å². The molecule has 0 unspecified atom stereocenters. The van der Waals surface area contributed by atoms with Crippen molar-refractivity contribution in [3.05, 3.63) is 21.9 Å². The second kappa shape index (κ2) is 5.75. The Labute approximate surface area is 108 Å². The van der Waals surface area contributed by atoms with Gasteiger partial charge in [0.25, 0.3) is 0 Å². The fraction of sp³-hybridized carbons (Fsp3) is 0.500. The van der Waals surface area contributed by atoms with Gasteiger partial charge in [0, 0.05) is 17.6 Å². The van der Waals surface area contributed by atoms with Gasteiger partial charge in [-0.25, -0.2) is 9.97 Å². The SMILES string of the molecule is CCc1nsc(SCc2csc(CC)n2)n1. The molecule has 2 aromatic heterocycles. The first kappa shape index (κ1) is 12.0. The molecule has 0 bridgehead atoms. The van der Waals surface area contributed by atoms with Gasteiger partial charge in [-0.3, -0.25) is 0 Å². The molecule has 0 atom stereocenters. The predicted molar refractivity (Wildman–Crippen MR) is 70.3 cm³/mol. The van der Waals surface area contributed by atoms with Crippen molar-refractivity contribution in [2.75, 3.05) is 0 Å². The zero-order valence-electron chi connectivity index (χ0n) is 9.27. The Balaban J connectivity index is 1.91. The van der Waals surface area contributed by atoms with Crippen LogP contribution in [0.15, 0.2) is 9.72 Å². The molecule has 0 spiro atoms. The molecule has 6 heteroatoms. The molecule has 86 valence electrons. The summed E-state index contributed by atoms with van der Waals surface area (Å²) in [5, 5.41) is 3.34. The van der Waals surface area contributed by atoms with Crippen LogP contribution in [0.3, 0.4) is 0 Å². The van der Waals surface area contributed by atoms with Crippen molar-refractivity contribution in [2.45, 2.75) is 36.8 Å². The minimum atomic E-state index is 0.898. The van der Waals surface area contributed by atoms with Crippen LogP contribution in [-0.2, 0) is 18.6 Å². The van der Waals surface area contributed by atoms with Crippen LogP contribution in [0.25, 0.3) is 0 Å². The van der Waals surface area contributed by atoms with Crippen molar-refractivity contribution >= 4 is 34.6 Å². The van der Waals surface area contributed by atoms with Gasteiger partial charge in [0.2, 0.25) is 0 Å². The van der Waals surface area contributed by atoms with Crippen LogP contribution in [-0.4, -0.2) is 14.3 Å². The smallest absolute Gasteiger partial charge is 0.170 e. The Morgan fingerprint density at radius 1 is 1.25 bits per heavy atom. The average molecular weight is 271 g/mol. The Kier molecular flexibility index (Phi) is 4.31. The molecular weight excluding hydrogens is 258 g/mol. The number of aryl methyl sites for hydroxylation is 2. The number of hydrogen-bond acceptors (Lipinski definition) is 6. The molecule has 0 saturated carbocycles. The van der Waals surface area contributed by atoms with Gasteiger partial charge in [-0.15, -0.1) is 11.3 Å². The molecule has 0 radical (unpaired) electrons. The maximum absolute atomic E-state index is 4.52. The van der Waals surface area contributed by atoms with E-state index in [1.807, 2.05) is 0 Å². The molecule has 0 aromatic carbocycles. The number of aromatic nitrogens is 3. The lowest BCUT2D eigenvalue weighted by molar-refractivity contribution is 0.971. The summed E-state index contributed by atoms with van der Waals surface area (Å²) in [5.74, 6) is 1.84. The number of nitrogens with zero attached hydrogens (tertiary/aromatic N) is 3. The Morgan fingerprint density at radius 2 is 2.12 bits per heavy atom. The zero-order chi connectivity index (χ0) is 11.4. The molecule has 3 nitrogen and oxygen atoms in total. The third kappa shape index (κ3) is 3.02. The van der Waals surface area contributed by atoms with Crippen LogP contribution in [0.2, 0.25) is 0 Å². The zero-order valence-corrected chi connectivity index (χ0v) is 11.7. The monoisotopic (exact) mass is 271 g/mol. The fourth-order valence-electron chi connectivity index (χ4n) is 1.15. The van der Waals surface area contributed by atoms with Crippen molar-refractivity contribution in [1.82, 2.24) is 14.3 Å². The lowest BCUT2D eigenvalue weighted by Gasteiger charge is -1.92. The van der Waals surface area contributed by atoms with Crippen LogP contribution in [0.4, 0.5) is 0 Å². The summed E-state index contributed by atoms with van der Waals surface area (Å²) in [5.41, 5.74) is 1.15. The third-order valence-corrected chi connectivity index (χ3v) is 4.96. The lowest BCUT2D eigenvalue weighted by atomic mass is 10.5. The summed E-state index contributed by atoms with van der Waals surface area (Å²) in [4.78, 5) is 8.94. The van der Waals surface area contributed by atoms with Crippen molar-refractivity contribution in [3.63, 3.8) is 0 Å². The van der Waals surface area contributed by atoms with Crippen LogP contribution >= 0.6 is 34.6 Å². The van der Waals surface area contributed by atoms with Gasteiger partial charge in [0.15, 0.2) is 4.34 Å². The highest BCUT2D eigenvalue weighted by Crippen LogP contribution is 2.25. The van der Waals surface area contributed by atoms with Gasteiger partial charge in [-0.1, -0.05) is 25.6 Å². The van der Waals surface area contributed by atoms with E-state index in [4.69, 9.17) is 0 Å². The van der Waals surface area contributed by atoms with Gasteiger partial charge >= 0.3 is 0 Å². The average Bonchev–Trinajstić information content (AvgIpc) is 2.95. The highest BCUT2D eigenvalue weighted by Gasteiger charge is 2.05. The Morgan fingerprint density at radius 3 is 2.75 bits per heavy atom. The molecule has 2 heterocycles. The molecule has 0 aliphatic carbocycles. The van der Waals surface area contributed by atoms with Crippen LogP contribution in [0.1, 0.15) is 30.4 Å². The number of rotatable bonds is 5. The van der Waals surface area contributed by atoms with E-state index >= 15 is 0 Å². The molecule has 0 N–H and O–H groups in total. The molecular formula is C10H13N3S3. The van der Waals surface area contributed by atoms with Gasteiger partial charge in [0.1, 0.15) is 5.82 Å². The second-order valence-corrected chi connectivity index (χ2v) is 6.12. The largest absolute Gasteiger partial charge is 0.245 e. The van der Waals surface area contributed by atoms with E-state index in [1.54, 1.807) is 23.1 Å². The molecule has 0 saturated heterocycles. The van der Waals surface area contributed by atoms with E-state index in [1.165, 1.54) is 16.5 Å². The lowest BCUT2D eigenvalue weighted by Crippen LogP contribution is -1.84. The van der Waals surface area contributed by atoms with E-state index in [-0.39, 0.29) is 0 Å². The quantitative estimate of drug-likeness (QED) is 0.781. The number of thioether (sulfide) groups is 1. The molecule has 0 aliphatic rings. The summed E-state index contributed by atoms with van der Waals surface area (Å²) in [6.07, 6.45) is 1.93. The maximum atomic E-state index is 4.52. The Bertz CT molecular complexity index is 407. The predicted octanol–water partition coefficient (Wildman–Crippen LogP) is 3.41. The van der Waals surface area contributed by atoms with Gasteiger partial charge in [-0.05, 0) is 18.0 Å². The van der Waals surface area contributed by atoms with Crippen LogP contribution in [0, 0.1) is 0 Å². The van der Waals surface area contributed by atoms with Crippen molar-refractivity contribution in [3.8, 4) is 0 Å². The van der Waals surface area contributed by atoms with Crippen LogP contribution < -0.4 is 0 Å². The number of thiazole rings is 1. The Hall–Kier alpha value is -0.460. The summed E-state index contributed by atoms with van der Waals surface area (Å²) >= 11 is 4.94. The normalized spacial score (nSPS) is 10.9. The van der Waals surface area contributed by atoms with E-state index in [0.717, 1.165) is 34.5 Å². The number of hydrogen-bond donors (Lipinski definition) is 0. The van der Waals surface area contributed by atoms with Crippen molar-refractivity contribution in [2.24, 2.45) is 0 Å². The molecule has 0 aliphatic heterocycles. The summed E-state index contributed by atoms with van der Waals surface area (Å²) in [6, 6.07) is 0. The molecule has 2 rings (SSSR count). The summed E-state index contributed by atoms with van der Waals surface area (Å²) < 4.78 is 5.30. The fourth-order valence-corrected chi connectivity index (χ4v) is 3.59. The topological polar surface area (TPSA) is 38.7 Å². The molecule has 16 heavy (non-hydrogen) atoms. The minimum Gasteiger partial charge on any atom is -0.245 e. The molecule has 0 amide bonds. The van der Waals surface area contributed by atoms with Gasteiger partial charge in [0.05, 0.1) is 10.7 Å². The van der Waals surface area contributed by atoms with E-state index < -0.39 is 0 Å². The van der Waals surface area contributed by atoms with Crippen molar-refractivity contribution in [1.29, 1.82) is 0 Å². The van der Waals surface area contributed by atoms with Gasteiger partial charge < -0.3 is 0 Å². The standard InChI is InChI=1S/C10H13N3S3/c1-3-8-12-10(16-13-8)15-6-7-5-14-9(4-2)11-7/h5H,3-4,6H2,1-2H3. The third-order valence-electron chi connectivity index (χ3n) is 2.01. The van der Waals surface area contributed by atoms with Gasteiger partial charge in [-0.2, -0.15) is 4.37 Å². The second-order valence-electron chi connectivity index (χ2n) is 3.20. The van der Waals surface area contributed by atoms with Crippen LogP contribution in [0.5, 0.6) is 0 Å². The first-order chi connectivity index (χ1) is 7.81. The first-order valence-corrected chi connectivity index (χ1v) is 7.84. The summed E-state index contributed by atoms with van der Waals surface area (Å²) in [6.45, 7) is 4.21. The van der Waals surface area contributed by atoms with E-state index in [0.29, 0.717) is 0 Å². The molecule has 0 fully saturated rings. The first-order valence-electron chi connectivity index (χ1n) is 5.20. The molecule has 2 aromatic rings. The van der Waals surface area contributed by atoms with E-state index in [9.17, 15) is 0 Å².